The molecule has 4 N–H and O–H groups in total. The molecule has 12 nitrogen and oxygen atoms in total. The van der Waals surface area contributed by atoms with Crippen molar-refractivity contribution >= 4 is 49.8 Å². The minimum atomic E-state index is -3.87. The molecule has 3 heterocycles. The van der Waals surface area contributed by atoms with Crippen molar-refractivity contribution in [1.29, 1.82) is 0 Å². The number of oxime groups is 1. The molecule has 0 spiro atoms. The molecule has 1 fully saturated rings. The van der Waals surface area contributed by atoms with Crippen LogP contribution >= 0.6 is 11.3 Å². The molecule has 0 unspecified atom stereocenters. The Morgan fingerprint density at radius 2 is 2.13 bits per heavy atom. The molecule has 14 heteroatoms. The van der Waals surface area contributed by atoms with Crippen molar-refractivity contribution in [2.24, 2.45) is 5.16 Å². The Balaban J connectivity index is 1.87. The maximum Gasteiger partial charge on any atom is 0.353 e. The number of allylic oxidation sites excluding steroid dienone is 1. The van der Waals surface area contributed by atoms with E-state index in [4.69, 9.17) is 5.73 Å². The number of carbonyl (C=O) groups excluding carboxylic acids is 2. The standard InChI is InChI=1S/C17H21N5O7S2/c1-7(2)31(27,28)10-5-4-9-12(15(24)22(9)13(10)16(25)26)20-14(23)11(21-29-3)8-6-30-17(18)19-8/h6-7,9,12H,4-5H2,1-3H3,(H2,18,19)(H,20,23)(H,25,26)/b21-11+/t9-,12+/m1/s1. The topological polar surface area (TPSA) is 181 Å². The Labute approximate surface area is 181 Å². The predicted octanol–water partition coefficient (Wildman–Crippen LogP) is -0.315. The van der Waals surface area contributed by atoms with Crippen molar-refractivity contribution in [3.63, 3.8) is 0 Å². The van der Waals surface area contributed by atoms with Crippen LogP contribution in [0.1, 0.15) is 32.4 Å². The van der Waals surface area contributed by atoms with Crippen LogP contribution in [-0.4, -0.2) is 71.3 Å². The fourth-order valence-electron chi connectivity index (χ4n) is 3.49. The maximum absolute atomic E-state index is 12.7. The largest absolute Gasteiger partial charge is 0.477 e. The third kappa shape index (κ3) is 3.87. The first-order chi connectivity index (χ1) is 14.5. The lowest BCUT2D eigenvalue weighted by Gasteiger charge is -2.50. The van der Waals surface area contributed by atoms with Gasteiger partial charge in [-0.2, -0.15) is 0 Å². The van der Waals surface area contributed by atoms with E-state index < -0.39 is 50.7 Å². The number of rotatable bonds is 7. The third-order valence-electron chi connectivity index (χ3n) is 5.01. The summed E-state index contributed by atoms with van der Waals surface area (Å²) in [7, 11) is -2.63. The zero-order valence-electron chi connectivity index (χ0n) is 16.9. The van der Waals surface area contributed by atoms with Crippen molar-refractivity contribution in [3.05, 3.63) is 21.7 Å². The van der Waals surface area contributed by atoms with Gasteiger partial charge in [0.25, 0.3) is 11.8 Å². The van der Waals surface area contributed by atoms with Gasteiger partial charge < -0.3 is 21.0 Å². The first-order valence-corrected chi connectivity index (χ1v) is 11.6. The highest BCUT2D eigenvalue weighted by atomic mass is 32.2. The minimum Gasteiger partial charge on any atom is -0.477 e. The minimum absolute atomic E-state index is 0.0510. The summed E-state index contributed by atoms with van der Waals surface area (Å²) in [6, 6.07) is -1.74. The summed E-state index contributed by atoms with van der Waals surface area (Å²) < 4.78 is 25.2. The number of nitrogens with two attached hydrogens (primary N) is 1. The number of anilines is 1. The molecule has 1 aromatic heterocycles. The number of nitrogens with one attached hydrogen (secondary N) is 1. The van der Waals surface area contributed by atoms with E-state index in [9.17, 15) is 27.9 Å². The van der Waals surface area contributed by atoms with E-state index >= 15 is 0 Å². The van der Waals surface area contributed by atoms with Crippen molar-refractivity contribution in [1.82, 2.24) is 15.2 Å². The van der Waals surface area contributed by atoms with Crippen molar-refractivity contribution in [2.45, 2.75) is 44.0 Å². The summed E-state index contributed by atoms with van der Waals surface area (Å²) in [5.41, 5.74) is 4.98. The van der Waals surface area contributed by atoms with Gasteiger partial charge in [-0.05, 0) is 26.7 Å². The van der Waals surface area contributed by atoms with Crippen LogP contribution in [0.15, 0.2) is 21.1 Å². The highest BCUT2D eigenvalue weighted by molar-refractivity contribution is 7.95. The molecule has 0 aromatic carbocycles. The van der Waals surface area contributed by atoms with Crippen molar-refractivity contribution < 1.29 is 32.7 Å². The van der Waals surface area contributed by atoms with Gasteiger partial charge in [0, 0.05) is 5.38 Å². The number of carboxylic acids is 1. The van der Waals surface area contributed by atoms with Gasteiger partial charge in [-0.15, -0.1) is 11.3 Å². The van der Waals surface area contributed by atoms with Crippen LogP contribution in [0.25, 0.3) is 0 Å². The number of nitrogens with zero attached hydrogens (tertiary/aromatic N) is 3. The number of hydrogen-bond acceptors (Lipinski definition) is 10. The average Bonchev–Trinajstić information content (AvgIpc) is 3.14. The summed E-state index contributed by atoms with van der Waals surface area (Å²) in [6.45, 7) is 2.88. The van der Waals surface area contributed by atoms with Crippen LogP contribution in [-0.2, 0) is 29.1 Å². The van der Waals surface area contributed by atoms with E-state index in [1.165, 1.54) is 26.3 Å². The quantitative estimate of drug-likeness (QED) is 0.273. The van der Waals surface area contributed by atoms with Crippen LogP contribution in [0.4, 0.5) is 5.13 Å². The fourth-order valence-corrected chi connectivity index (χ4v) is 5.47. The molecule has 3 rings (SSSR count). The second-order valence-corrected chi connectivity index (χ2v) is 10.5. The lowest BCUT2D eigenvalue weighted by Crippen LogP contribution is -2.72. The number of thiazole rings is 1. The predicted molar refractivity (Wildman–Crippen MR) is 111 cm³/mol. The van der Waals surface area contributed by atoms with E-state index in [1.54, 1.807) is 0 Å². The summed E-state index contributed by atoms with van der Waals surface area (Å²) in [5.74, 6) is -2.99. The normalized spacial score (nSPS) is 21.6. The molecule has 0 saturated carbocycles. The third-order valence-corrected chi connectivity index (χ3v) is 8.01. The number of carbonyl (C=O) groups is 3. The lowest BCUT2D eigenvalue weighted by molar-refractivity contribution is -0.155. The molecule has 2 aliphatic heterocycles. The van der Waals surface area contributed by atoms with Crippen LogP contribution in [0.3, 0.4) is 0 Å². The molecule has 1 saturated heterocycles. The Morgan fingerprint density at radius 3 is 2.65 bits per heavy atom. The van der Waals surface area contributed by atoms with Gasteiger partial charge in [0.1, 0.15) is 24.5 Å². The van der Waals surface area contributed by atoms with Crippen LogP contribution in [0.2, 0.25) is 0 Å². The second kappa shape index (κ2) is 8.26. The monoisotopic (exact) mass is 471 g/mol. The highest BCUT2D eigenvalue weighted by Gasteiger charge is 2.55. The summed E-state index contributed by atoms with van der Waals surface area (Å²) in [6.07, 6.45) is 0.125. The number of aromatic nitrogens is 1. The number of aliphatic carboxylic acids is 1. The van der Waals surface area contributed by atoms with Crippen molar-refractivity contribution in [3.8, 4) is 0 Å². The fraction of sp³-hybridized carbons (Fsp3) is 0.471. The van der Waals surface area contributed by atoms with E-state index in [2.05, 4.69) is 20.3 Å². The number of β-lactam (4-membered cyclic amide) rings is 1. The highest BCUT2D eigenvalue weighted by Crippen LogP contribution is 2.39. The second-order valence-electron chi connectivity index (χ2n) is 7.13. The molecule has 2 amide bonds. The molecular formula is C17H21N5O7S2. The van der Waals surface area contributed by atoms with E-state index in [0.29, 0.717) is 0 Å². The average molecular weight is 472 g/mol. The molecule has 0 bridgehead atoms. The first-order valence-electron chi connectivity index (χ1n) is 9.17. The first kappa shape index (κ1) is 22.7. The maximum atomic E-state index is 12.7. The molecule has 2 aliphatic rings. The van der Waals surface area contributed by atoms with Gasteiger partial charge in [0.2, 0.25) is 0 Å². The summed E-state index contributed by atoms with van der Waals surface area (Å²) in [5, 5.41) is 16.6. The Morgan fingerprint density at radius 1 is 1.45 bits per heavy atom. The van der Waals surface area contributed by atoms with Crippen LogP contribution in [0, 0.1) is 0 Å². The number of fused-ring (bicyclic) bond motifs is 1. The van der Waals surface area contributed by atoms with Gasteiger partial charge >= 0.3 is 5.97 Å². The lowest BCUT2D eigenvalue weighted by atomic mass is 9.86. The SMILES string of the molecule is CO/N=C(/C(=O)N[C@@H]1C(=O)N2C(C(=O)O)=C(S(=O)(=O)C(C)C)CC[C@H]12)c1csc(N)n1. The number of carboxylic acid groups (broad SMARTS) is 1. The van der Waals surface area contributed by atoms with Gasteiger partial charge in [-0.25, -0.2) is 18.2 Å². The summed E-state index contributed by atoms with van der Waals surface area (Å²) >= 11 is 1.09. The van der Waals surface area contributed by atoms with E-state index in [0.717, 1.165) is 16.2 Å². The number of hydrogen-bond donors (Lipinski definition) is 3. The number of nitrogen functional groups attached to an aromatic ring is 1. The number of sulfone groups is 1. The smallest absolute Gasteiger partial charge is 0.353 e. The molecule has 168 valence electrons. The van der Waals surface area contributed by atoms with Gasteiger partial charge in [-0.1, -0.05) is 5.16 Å². The summed E-state index contributed by atoms with van der Waals surface area (Å²) in [4.78, 5) is 46.6. The number of amides is 2. The van der Waals surface area contributed by atoms with Gasteiger partial charge in [-0.3, -0.25) is 14.5 Å². The molecule has 0 aliphatic carbocycles. The van der Waals surface area contributed by atoms with Gasteiger partial charge in [0.05, 0.1) is 16.2 Å². The van der Waals surface area contributed by atoms with Crippen LogP contribution < -0.4 is 11.1 Å². The Hall–Kier alpha value is -3.00. The van der Waals surface area contributed by atoms with Crippen molar-refractivity contribution in [2.75, 3.05) is 12.8 Å². The molecule has 2 atom stereocenters. The van der Waals surface area contributed by atoms with Crippen LogP contribution in [0.5, 0.6) is 0 Å². The van der Waals surface area contributed by atoms with E-state index in [1.807, 2.05) is 0 Å². The molecular weight excluding hydrogens is 450 g/mol. The zero-order chi connectivity index (χ0) is 23.1. The zero-order valence-corrected chi connectivity index (χ0v) is 18.5. The van der Waals surface area contributed by atoms with E-state index in [-0.39, 0.29) is 34.3 Å². The Bertz CT molecular complexity index is 1110. The van der Waals surface area contributed by atoms with Gasteiger partial charge in [0.15, 0.2) is 20.7 Å². The molecule has 31 heavy (non-hydrogen) atoms. The molecule has 0 radical (unpaired) electrons. The Kier molecular flexibility index (Phi) is 6.04. The molecule has 1 aromatic rings.